The molecule has 0 saturated carbocycles. The lowest BCUT2D eigenvalue weighted by Crippen LogP contribution is -2.40. The molecule has 0 heterocycles. The molecule has 0 radical (unpaired) electrons. The maximum atomic E-state index is 3.46. The Morgan fingerprint density at radius 2 is 1.79 bits per heavy atom. The van der Waals surface area contributed by atoms with Crippen LogP contribution in [0.5, 0.6) is 0 Å². The summed E-state index contributed by atoms with van der Waals surface area (Å²) in [5.74, 6) is 0. The Hall–Kier alpha value is -0.540. The number of nitrogens with one attached hydrogen (secondary N) is 2. The van der Waals surface area contributed by atoms with Crippen molar-refractivity contribution in [2.75, 3.05) is 18.9 Å². The second-order valence-corrected chi connectivity index (χ2v) is 4.96. The predicted molar refractivity (Wildman–Crippen MR) is 65.8 cm³/mol. The van der Waals surface area contributed by atoms with E-state index in [1.807, 2.05) is 19.2 Å². The van der Waals surface area contributed by atoms with Crippen molar-refractivity contribution < 1.29 is 0 Å². The molecule has 78 valence electrons. The topological polar surface area (TPSA) is 24.1 Å². The molecule has 0 spiro atoms. The Bertz CT molecular complexity index is 280. The Balaban J connectivity index is 2.64. The molecule has 0 unspecified atom stereocenters. The summed E-state index contributed by atoms with van der Waals surface area (Å²) in [4.78, 5) is 0. The van der Waals surface area contributed by atoms with E-state index in [0.29, 0.717) is 0 Å². The third-order valence-electron chi connectivity index (χ3n) is 1.95. The van der Waals surface area contributed by atoms with Crippen LogP contribution in [0.25, 0.3) is 0 Å². The van der Waals surface area contributed by atoms with Gasteiger partial charge < -0.3 is 10.6 Å². The van der Waals surface area contributed by atoms with Crippen molar-refractivity contribution >= 4 is 21.6 Å². The van der Waals surface area contributed by atoms with E-state index in [4.69, 9.17) is 0 Å². The molecule has 0 saturated heterocycles. The highest BCUT2D eigenvalue weighted by Crippen LogP contribution is 2.17. The Morgan fingerprint density at radius 1 is 1.21 bits per heavy atom. The molecule has 1 rings (SSSR count). The number of halogens is 1. The van der Waals surface area contributed by atoms with Gasteiger partial charge in [-0.2, -0.15) is 0 Å². The second kappa shape index (κ2) is 4.80. The van der Waals surface area contributed by atoms with Gasteiger partial charge >= 0.3 is 0 Å². The predicted octanol–water partition coefficient (Wildman–Crippen LogP) is 2.86. The fraction of sp³-hybridized carbons (Fsp3) is 0.455. The second-order valence-electron chi connectivity index (χ2n) is 4.05. The molecular weight excluding hydrogens is 240 g/mol. The summed E-state index contributed by atoms with van der Waals surface area (Å²) >= 11 is 3.42. The highest BCUT2D eigenvalue weighted by Gasteiger charge is 2.15. The van der Waals surface area contributed by atoms with Gasteiger partial charge in [0.1, 0.15) is 0 Å². The van der Waals surface area contributed by atoms with E-state index in [1.165, 1.54) is 0 Å². The smallest absolute Gasteiger partial charge is 0.0441 e. The normalized spacial score (nSPS) is 11.4. The molecular formula is C11H17BrN2. The number of likely N-dealkylation sites (N-methyl/N-ethyl adjacent to an activating group) is 1. The highest BCUT2D eigenvalue weighted by molar-refractivity contribution is 9.10. The van der Waals surface area contributed by atoms with E-state index in [1.54, 1.807) is 0 Å². The maximum Gasteiger partial charge on any atom is 0.0441 e. The largest absolute Gasteiger partial charge is 0.379 e. The first-order chi connectivity index (χ1) is 6.53. The van der Waals surface area contributed by atoms with Crippen LogP contribution in [-0.4, -0.2) is 19.1 Å². The number of rotatable bonds is 4. The van der Waals surface area contributed by atoms with Gasteiger partial charge in [0, 0.05) is 22.2 Å². The Labute approximate surface area is 94.2 Å². The Morgan fingerprint density at radius 3 is 2.29 bits per heavy atom. The van der Waals surface area contributed by atoms with Crippen molar-refractivity contribution in [3.8, 4) is 0 Å². The first kappa shape index (κ1) is 11.5. The minimum atomic E-state index is 0.0720. The summed E-state index contributed by atoms with van der Waals surface area (Å²) in [6.07, 6.45) is 0. The fourth-order valence-electron chi connectivity index (χ4n) is 1.41. The van der Waals surface area contributed by atoms with Crippen molar-refractivity contribution in [3.05, 3.63) is 28.7 Å². The van der Waals surface area contributed by atoms with Crippen LogP contribution in [-0.2, 0) is 0 Å². The van der Waals surface area contributed by atoms with Gasteiger partial charge in [-0.3, -0.25) is 0 Å². The molecule has 3 heteroatoms. The van der Waals surface area contributed by atoms with Crippen LogP contribution in [0.15, 0.2) is 28.7 Å². The van der Waals surface area contributed by atoms with E-state index in [2.05, 4.69) is 52.5 Å². The van der Waals surface area contributed by atoms with Crippen LogP contribution in [0.4, 0.5) is 5.69 Å². The molecule has 1 aromatic rings. The van der Waals surface area contributed by atoms with Gasteiger partial charge in [0.25, 0.3) is 0 Å². The highest BCUT2D eigenvalue weighted by atomic mass is 79.9. The molecule has 0 fully saturated rings. The summed E-state index contributed by atoms with van der Waals surface area (Å²) in [5, 5.41) is 6.63. The molecule has 1 aromatic carbocycles. The molecule has 0 aromatic heterocycles. The van der Waals surface area contributed by atoms with Gasteiger partial charge in [-0.1, -0.05) is 15.9 Å². The van der Waals surface area contributed by atoms with Crippen molar-refractivity contribution in [1.82, 2.24) is 5.32 Å². The zero-order chi connectivity index (χ0) is 10.6. The van der Waals surface area contributed by atoms with E-state index in [-0.39, 0.29) is 5.54 Å². The van der Waals surface area contributed by atoms with Crippen LogP contribution in [0.1, 0.15) is 13.8 Å². The lowest BCUT2D eigenvalue weighted by Gasteiger charge is -2.27. The average Bonchev–Trinajstić information content (AvgIpc) is 2.08. The first-order valence-electron chi connectivity index (χ1n) is 4.72. The third-order valence-corrected chi connectivity index (χ3v) is 2.47. The van der Waals surface area contributed by atoms with Crippen LogP contribution >= 0.6 is 15.9 Å². The minimum Gasteiger partial charge on any atom is -0.379 e. The summed E-state index contributed by atoms with van der Waals surface area (Å²) in [7, 11) is 1.96. The molecule has 0 aliphatic rings. The quantitative estimate of drug-likeness (QED) is 0.866. The number of anilines is 1. The van der Waals surface area contributed by atoms with Crippen molar-refractivity contribution in [2.45, 2.75) is 19.4 Å². The van der Waals surface area contributed by atoms with Gasteiger partial charge in [-0.25, -0.2) is 0 Å². The van der Waals surface area contributed by atoms with Gasteiger partial charge in [0.2, 0.25) is 0 Å². The zero-order valence-electron chi connectivity index (χ0n) is 8.89. The van der Waals surface area contributed by atoms with E-state index >= 15 is 0 Å². The SMILES string of the molecule is CNCC(C)(C)Nc1ccc(Br)cc1. The monoisotopic (exact) mass is 256 g/mol. The lowest BCUT2D eigenvalue weighted by atomic mass is 10.1. The van der Waals surface area contributed by atoms with Crippen molar-refractivity contribution in [3.63, 3.8) is 0 Å². The van der Waals surface area contributed by atoms with Crippen molar-refractivity contribution in [2.24, 2.45) is 0 Å². The summed E-state index contributed by atoms with van der Waals surface area (Å²) in [5.41, 5.74) is 1.22. The number of hydrogen-bond donors (Lipinski definition) is 2. The Kier molecular flexibility index (Phi) is 3.96. The molecule has 2 N–H and O–H groups in total. The van der Waals surface area contributed by atoms with Crippen LogP contribution in [0.2, 0.25) is 0 Å². The maximum absolute atomic E-state index is 3.46. The molecule has 0 amide bonds. The molecule has 0 aliphatic carbocycles. The molecule has 2 nitrogen and oxygen atoms in total. The zero-order valence-corrected chi connectivity index (χ0v) is 10.5. The number of hydrogen-bond acceptors (Lipinski definition) is 2. The van der Waals surface area contributed by atoms with E-state index in [0.717, 1.165) is 16.7 Å². The average molecular weight is 257 g/mol. The molecule has 0 bridgehead atoms. The third kappa shape index (κ3) is 3.68. The minimum absolute atomic E-state index is 0.0720. The van der Waals surface area contributed by atoms with Crippen LogP contribution in [0, 0.1) is 0 Å². The van der Waals surface area contributed by atoms with Crippen molar-refractivity contribution in [1.29, 1.82) is 0 Å². The molecule has 14 heavy (non-hydrogen) atoms. The van der Waals surface area contributed by atoms with Crippen LogP contribution in [0.3, 0.4) is 0 Å². The lowest BCUT2D eigenvalue weighted by molar-refractivity contribution is 0.530. The summed E-state index contributed by atoms with van der Waals surface area (Å²) in [6.45, 7) is 5.28. The van der Waals surface area contributed by atoms with Gasteiger partial charge in [-0.05, 0) is 45.2 Å². The first-order valence-corrected chi connectivity index (χ1v) is 5.51. The summed E-state index contributed by atoms with van der Waals surface area (Å²) < 4.78 is 1.11. The summed E-state index contributed by atoms with van der Waals surface area (Å²) in [6, 6.07) is 8.22. The van der Waals surface area contributed by atoms with Crippen LogP contribution < -0.4 is 10.6 Å². The van der Waals surface area contributed by atoms with E-state index in [9.17, 15) is 0 Å². The van der Waals surface area contributed by atoms with Gasteiger partial charge in [-0.15, -0.1) is 0 Å². The molecule has 0 aliphatic heterocycles. The van der Waals surface area contributed by atoms with E-state index < -0.39 is 0 Å². The standard InChI is InChI=1S/C11H17BrN2/c1-11(2,8-13-3)14-10-6-4-9(12)5-7-10/h4-7,13-14H,8H2,1-3H3. The van der Waals surface area contributed by atoms with Gasteiger partial charge in [0.05, 0.1) is 0 Å². The number of benzene rings is 1. The van der Waals surface area contributed by atoms with Gasteiger partial charge in [0.15, 0.2) is 0 Å². The fourth-order valence-corrected chi connectivity index (χ4v) is 1.67. The molecule has 0 atom stereocenters.